The molecule has 2 rings (SSSR count). The topological polar surface area (TPSA) is 49.3 Å². The van der Waals surface area contributed by atoms with Gasteiger partial charge in [0.15, 0.2) is 0 Å². The van der Waals surface area contributed by atoms with Gasteiger partial charge in [-0.25, -0.2) is 4.79 Å². The molecule has 1 aliphatic carbocycles. The van der Waals surface area contributed by atoms with Crippen molar-refractivity contribution in [1.29, 1.82) is 0 Å². The van der Waals surface area contributed by atoms with Crippen LogP contribution in [-0.2, 0) is 6.54 Å². The number of hydrogen-bond acceptors (Lipinski definition) is 2. The highest BCUT2D eigenvalue weighted by molar-refractivity contribution is 9.10. The number of nitrogens with one attached hydrogen (secondary N) is 1. The van der Waals surface area contributed by atoms with Gasteiger partial charge in [0, 0.05) is 11.0 Å². The molecule has 0 amide bonds. The summed E-state index contributed by atoms with van der Waals surface area (Å²) in [6.07, 6.45) is 5.41. The van der Waals surface area contributed by atoms with Gasteiger partial charge in [-0.1, -0.05) is 34.8 Å². The van der Waals surface area contributed by atoms with Crippen LogP contribution in [0.3, 0.4) is 0 Å². The van der Waals surface area contributed by atoms with Gasteiger partial charge in [0.05, 0.1) is 5.56 Å². The van der Waals surface area contributed by atoms with Gasteiger partial charge in [-0.15, -0.1) is 0 Å². The molecule has 1 aromatic rings. The van der Waals surface area contributed by atoms with Crippen molar-refractivity contribution in [2.45, 2.75) is 32.2 Å². The molecule has 0 aliphatic heterocycles. The molecule has 0 spiro atoms. The average molecular weight is 312 g/mol. The minimum atomic E-state index is -0.889. The second-order valence-corrected chi connectivity index (χ2v) is 5.73. The second-order valence-electron chi connectivity index (χ2n) is 4.87. The number of aromatic carboxylic acids is 1. The van der Waals surface area contributed by atoms with Crippen LogP contribution < -0.4 is 5.32 Å². The zero-order chi connectivity index (χ0) is 13.0. The van der Waals surface area contributed by atoms with Gasteiger partial charge in [0.25, 0.3) is 0 Å². The van der Waals surface area contributed by atoms with Gasteiger partial charge >= 0.3 is 5.97 Å². The van der Waals surface area contributed by atoms with Crippen LogP contribution in [0.5, 0.6) is 0 Å². The number of benzene rings is 1. The summed E-state index contributed by atoms with van der Waals surface area (Å²) in [7, 11) is 0. The van der Waals surface area contributed by atoms with Gasteiger partial charge in [-0.05, 0) is 43.0 Å². The molecule has 0 atom stereocenters. The Balaban J connectivity index is 1.75. The predicted molar refractivity (Wildman–Crippen MR) is 74.8 cm³/mol. The van der Waals surface area contributed by atoms with E-state index in [9.17, 15) is 4.79 Å². The van der Waals surface area contributed by atoms with Crippen molar-refractivity contribution in [2.24, 2.45) is 5.92 Å². The summed E-state index contributed by atoms with van der Waals surface area (Å²) in [6, 6.07) is 5.17. The third-order valence-electron chi connectivity index (χ3n) is 3.28. The minimum Gasteiger partial charge on any atom is -0.478 e. The first-order valence-electron chi connectivity index (χ1n) is 6.39. The van der Waals surface area contributed by atoms with Gasteiger partial charge in [-0.2, -0.15) is 0 Å². The summed E-state index contributed by atoms with van der Waals surface area (Å²) >= 11 is 3.41. The quantitative estimate of drug-likeness (QED) is 0.758. The zero-order valence-electron chi connectivity index (χ0n) is 10.3. The van der Waals surface area contributed by atoms with E-state index in [1.165, 1.54) is 25.7 Å². The van der Waals surface area contributed by atoms with Crippen LogP contribution in [0.4, 0.5) is 0 Å². The molecule has 0 aromatic heterocycles. The average Bonchev–Trinajstić information content (AvgIpc) is 3.14. The Morgan fingerprint density at radius 3 is 2.83 bits per heavy atom. The summed E-state index contributed by atoms with van der Waals surface area (Å²) < 4.78 is 0.858. The predicted octanol–water partition coefficient (Wildman–Crippen LogP) is 3.43. The molecule has 18 heavy (non-hydrogen) atoms. The van der Waals surface area contributed by atoms with Crippen molar-refractivity contribution in [2.75, 3.05) is 6.54 Å². The monoisotopic (exact) mass is 311 g/mol. The largest absolute Gasteiger partial charge is 0.478 e. The minimum absolute atomic E-state index is 0.319. The molecule has 0 heterocycles. The third kappa shape index (κ3) is 4.10. The van der Waals surface area contributed by atoms with Crippen LogP contribution in [-0.4, -0.2) is 17.6 Å². The van der Waals surface area contributed by atoms with Gasteiger partial charge in [-0.3, -0.25) is 0 Å². The number of carboxylic acids is 1. The lowest BCUT2D eigenvalue weighted by molar-refractivity contribution is 0.0697. The molecule has 0 unspecified atom stereocenters. The Morgan fingerprint density at radius 1 is 1.44 bits per heavy atom. The van der Waals surface area contributed by atoms with Crippen molar-refractivity contribution in [3.63, 3.8) is 0 Å². The summed E-state index contributed by atoms with van der Waals surface area (Å²) in [6.45, 7) is 1.81. The van der Waals surface area contributed by atoms with Gasteiger partial charge < -0.3 is 10.4 Å². The Labute approximate surface area is 116 Å². The molecule has 0 saturated heterocycles. The summed E-state index contributed by atoms with van der Waals surface area (Å²) in [5.41, 5.74) is 1.42. The van der Waals surface area contributed by atoms with Crippen LogP contribution in [0, 0.1) is 5.92 Å². The van der Waals surface area contributed by atoms with E-state index in [0.717, 1.165) is 29.0 Å². The van der Waals surface area contributed by atoms with Crippen molar-refractivity contribution < 1.29 is 9.90 Å². The lowest BCUT2D eigenvalue weighted by atomic mass is 10.1. The lowest BCUT2D eigenvalue weighted by Gasteiger charge is -2.07. The SMILES string of the molecule is O=C(O)c1ccc(CNCCCC2CC2)c(Br)c1. The van der Waals surface area contributed by atoms with E-state index in [1.54, 1.807) is 12.1 Å². The fourth-order valence-electron chi connectivity index (χ4n) is 1.97. The van der Waals surface area contributed by atoms with E-state index >= 15 is 0 Å². The number of carboxylic acid groups (broad SMARTS) is 1. The number of rotatable bonds is 7. The van der Waals surface area contributed by atoms with Crippen molar-refractivity contribution >= 4 is 21.9 Å². The van der Waals surface area contributed by atoms with Crippen LogP contribution in [0.25, 0.3) is 0 Å². The highest BCUT2D eigenvalue weighted by atomic mass is 79.9. The molecule has 1 aliphatic rings. The molecular weight excluding hydrogens is 294 g/mol. The standard InChI is InChI=1S/C14H18BrNO2/c15-13-8-11(14(17)18)5-6-12(13)9-16-7-1-2-10-3-4-10/h5-6,8,10,16H,1-4,7,9H2,(H,17,18). The van der Waals surface area contributed by atoms with Gasteiger partial charge in [0.2, 0.25) is 0 Å². The maximum atomic E-state index is 10.8. The van der Waals surface area contributed by atoms with Crippen LogP contribution >= 0.6 is 15.9 Å². The molecule has 1 fully saturated rings. The molecule has 1 saturated carbocycles. The molecule has 2 N–H and O–H groups in total. The third-order valence-corrected chi connectivity index (χ3v) is 4.02. The van der Waals surface area contributed by atoms with Crippen LogP contribution in [0.15, 0.2) is 22.7 Å². The van der Waals surface area contributed by atoms with Crippen molar-refractivity contribution in [3.8, 4) is 0 Å². The highest BCUT2D eigenvalue weighted by Gasteiger charge is 2.19. The number of halogens is 1. The number of hydrogen-bond donors (Lipinski definition) is 2. The Hall–Kier alpha value is -0.870. The zero-order valence-corrected chi connectivity index (χ0v) is 11.9. The molecule has 98 valence electrons. The first-order chi connectivity index (χ1) is 8.66. The lowest BCUT2D eigenvalue weighted by Crippen LogP contribution is -2.15. The van der Waals surface area contributed by atoms with E-state index in [2.05, 4.69) is 21.2 Å². The van der Waals surface area contributed by atoms with Crippen molar-refractivity contribution in [3.05, 3.63) is 33.8 Å². The molecule has 4 heteroatoms. The molecular formula is C14H18BrNO2. The van der Waals surface area contributed by atoms with Gasteiger partial charge in [0.1, 0.15) is 0 Å². The smallest absolute Gasteiger partial charge is 0.335 e. The fourth-order valence-corrected chi connectivity index (χ4v) is 2.49. The maximum absolute atomic E-state index is 10.8. The normalized spacial score (nSPS) is 14.7. The fraction of sp³-hybridized carbons (Fsp3) is 0.500. The van der Waals surface area contributed by atoms with Crippen LogP contribution in [0.2, 0.25) is 0 Å². The number of carbonyl (C=O) groups is 1. The Morgan fingerprint density at radius 2 is 2.22 bits per heavy atom. The van der Waals surface area contributed by atoms with E-state index < -0.39 is 5.97 Å². The van der Waals surface area contributed by atoms with Crippen LogP contribution in [0.1, 0.15) is 41.6 Å². The Kier molecular flexibility index (Phi) is 4.78. The van der Waals surface area contributed by atoms with E-state index in [1.807, 2.05) is 6.07 Å². The van der Waals surface area contributed by atoms with E-state index in [4.69, 9.17) is 5.11 Å². The highest BCUT2D eigenvalue weighted by Crippen LogP contribution is 2.33. The molecule has 1 aromatic carbocycles. The second kappa shape index (κ2) is 6.34. The molecule has 0 radical (unpaired) electrons. The molecule has 3 nitrogen and oxygen atoms in total. The first-order valence-corrected chi connectivity index (χ1v) is 7.18. The molecule has 0 bridgehead atoms. The van der Waals surface area contributed by atoms with E-state index in [0.29, 0.717) is 5.56 Å². The maximum Gasteiger partial charge on any atom is 0.335 e. The first kappa shape index (κ1) is 13.6. The van der Waals surface area contributed by atoms with E-state index in [-0.39, 0.29) is 0 Å². The van der Waals surface area contributed by atoms with Crippen molar-refractivity contribution in [1.82, 2.24) is 5.32 Å². The summed E-state index contributed by atoms with van der Waals surface area (Å²) in [5.74, 6) is 0.105. The summed E-state index contributed by atoms with van der Waals surface area (Å²) in [4.78, 5) is 10.8. The Bertz CT molecular complexity index is 430. The summed E-state index contributed by atoms with van der Waals surface area (Å²) in [5, 5.41) is 12.3.